The molecule has 25 heavy (non-hydrogen) atoms. The highest BCUT2D eigenvalue weighted by molar-refractivity contribution is 6.02. The monoisotopic (exact) mass is 337 g/mol. The zero-order valence-corrected chi connectivity index (χ0v) is 14.4. The average molecular weight is 337 g/mol. The number of rotatable bonds is 6. The predicted molar refractivity (Wildman–Crippen MR) is 99.6 cm³/mol. The summed E-state index contributed by atoms with van der Waals surface area (Å²) in [6.07, 6.45) is 0.243. The molecule has 0 unspecified atom stereocenters. The summed E-state index contributed by atoms with van der Waals surface area (Å²) in [6, 6.07) is 19.6. The van der Waals surface area contributed by atoms with Crippen molar-refractivity contribution < 1.29 is 9.90 Å². The van der Waals surface area contributed by atoms with Crippen LogP contribution in [-0.4, -0.2) is 47.5 Å². The minimum atomic E-state index is -0.519. The molecule has 1 atom stereocenters. The largest absolute Gasteiger partial charge is 0.392 e. The number of nitrogens with zero attached hydrogens (tertiary/aromatic N) is 3. The molecule has 130 valence electrons. The summed E-state index contributed by atoms with van der Waals surface area (Å²) < 4.78 is 0. The van der Waals surface area contributed by atoms with Gasteiger partial charge in [-0.05, 0) is 24.6 Å². The number of anilines is 1. The Morgan fingerprint density at radius 3 is 2.44 bits per heavy atom. The van der Waals surface area contributed by atoms with Crippen molar-refractivity contribution in [3.63, 3.8) is 0 Å². The van der Waals surface area contributed by atoms with Gasteiger partial charge in [0, 0.05) is 18.7 Å². The van der Waals surface area contributed by atoms with Crippen LogP contribution in [0.3, 0.4) is 0 Å². The number of hydrazone groups is 1. The van der Waals surface area contributed by atoms with Crippen molar-refractivity contribution in [2.45, 2.75) is 19.4 Å². The lowest BCUT2D eigenvalue weighted by molar-refractivity contribution is -0.129. The van der Waals surface area contributed by atoms with Gasteiger partial charge in [0.2, 0.25) is 0 Å². The summed E-state index contributed by atoms with van der Waals surface area (Å²) in [4.78, 5) is 14.6. The molecule has 1 aliphatic rings. The molecule has 0 saturated heterocycles. The molecular weight excluding hydrogens is 314 g/mol. The lowest BCUT2D eigenvalue weighted by Crippen LogP contribution is -2.40. The highest BCUT2D eigenvalue weighted by atomic mass is 16.3. The zero-order chi connectivity index (χ0) is 17.6. The minimum absolute atomic E-state index is 0.0598. The summed E-state index contributed by atoms with van der Waals surface area (Å²) in [5.74, 6) is -0.0598. The van der Waals surface area contributed by atoms with Gasteiger partial charge in [-0.2, -0.15) is 5.10 Å². The maximum Gasteiger partial charge on any atom is 0.262 e. The molecule has 1 amide bonds. The van der Waals surface area contributed by atoms with Crippen molar-refractivity contribution in [3.05, 3.63) is 66.2 Å². The third-order valence-electron chi connectivity index (χ3n) is 4.13. The van der Waals surface area contributed by atoms with Gasteiger partial charge in [-0.3, -0.25) is 4.79 Å². The third-order valence-corrected chi connectivity index (χ3v) is 4.13. The second-order valence-electron chi connectivity index (χ2n) is 6.24. The maximum atomic E-state index is 12.7. The molecule has 5 heteroatoms. The number of amides is 1. The SMILES string of the molecule is C[C@@H](O)CN(CC(=O)N1CCC(c2ccccc2)=N1)c1ccccc1. The van der Waals surface area contributed by atoms with Crippen LogP contribution < -0.4 is 4.90 Å². The summed E-state index contributed by atoms with van der Waals surface area (Å²) in [5, 5.41) is 15.8. The van der Waals surface area contributed by atoms with E-state index in [1.54, 1.807) is 11.9 Å². The Labute approximate surface area is 148 Å². The number of aliphatic hydroxyl groups is 1. The Balaban J connectivity index is 1.70. The van der Waals surface area contributed by atoms with Crippen molar-refractivity contribution in [3.8, 4) is 0 Å². The quantitative estimate of drug-likeness (QED) is 0.881. The molecule has 0 bridgehead atoms. The van der Waals surface area contributed by atoms with Crippen LogP contribution in [-0.2, 0) is 4.79 Å². The molecule has 1 N–H and O–H groups in total. The molecule has 0 aliphatic carbocycles. The first-order valence-corrected chi connectivity index (χ1v) is 8.55. The first-order chi connectivity index (χ1) is 12.1. The van der Waals surface area contributed by atoms with E-state index < -0.39 is 6.10 Å². The highest BCUT2D eigenvalue weighted by Gasteiger charge is 2.23. The van der Waals surface area contributed by atoms with E-state index in [4.69, 9.17) is 0 Å². The molecule has 2 aromatic rings. The number of carbonyl (C=O) groups excluding carboxylic acids is 1. The Bertz CT molecular complexity index is 729. The van der Waals surface area contributed by atoms with E-state index in [0.29, 0.717) is 13.1 Å². The molecule has 1 aliphatic heterocycles. The number of aliphatic hydroxyl groups excluding tert-OH is 1. The van der Waals surface area contributed by atoms with E-state index in [-0.39, 0.29) is 12.5 Å². The van der Waals surface area contributed by atoms with Crippen molar-refractivity contribution in [1.29, 1.82) is 0 Å². The number of carbonyl (C=O) groups is 1. The fraction of sp³-hybridized carbons (Fsp3) is 0.300. The summed E-state index contributed by atoms with van der Waals surface area (Å²) in [5.41, 5.74) is 2.92. The van der Waals surface area contributed by atoms with Crippen molar-refractivity contribution in [1.82, 2.24) is 5.01 Å². The fourth-order valence-electron chi connectivity index (χ4n) is 2.93. The van der Waals surface area contributed by atoms with Gasteiger partial charge in [-0.25, -0.2) is 5.01 Å². The normalized spacial score (nSPS) is 15.0. The zero-order valence-electron chi connectivity index (χ0n) is 14.4. The van der Waals surface area contributed by atoms with Crippen LogP contribution in [0.2, 0.25) is 0 Å². The van der Waals surface area contributed by atoms with Crippen molar-refractivity contribution in [2.24, 2.45) is 5.10 Å². The summed E-state index contributed by atoms with van der Waals surface area (Å²) in [6.45, 7) is 2.92. The molecule has 0 spiro atoms. The van der Waals surface area contributed by atoms with Crippen LogP contribution in [0.5, 0.6) is 0 Å². The number of benzene rings is 2. The van der Waals surface area contributed by atoms with Gasteiger partial charge >= 0.3 is 0 Å². The number of hydrogen-bond acceptors (Lipinski definition) is 4. The van der Waals surface area contributed by atoms with E-state index in [1.807, 2.05) is 65.6 Å². The Morgan fingerprint density at radius 1 is 1.16 bits per heavy atom. The first-order valence-electron chi connectivity index (χ1n) is 8.55. The van der Waals surface area contributed by atoms with E-state index in [1.165, 1.54) is 0 Å². The summed E-state index contributed by atoms with van der Waals surface area (Å²) >= 11 is 0. The molecule has 0 saturated carbocycles. The second-order valence-corrected chi connectivity index (χ2v) is 6.24. The molecule has 0 radical (unpaired) electrons. The van der Waals surface area contributed by atoms with E-state index in [9.17, 15) is 9.90 Å². The Morgan fingerprint density at radius 2 is 1.80 bits per heavy atom. The van der Waals surface area contributed by atoms with Gasteiger partial charge in [0.15, 0.2) is 0 Å². The molecule has 3 rings (SSSR count). The maximum absolute atomic E-state index is 12.7. The first kappa shape index (κ1) is 17.2. The smallest absolute Gasteiger partial charge is 0.262 e. The molecule has 0 fully saturated rings. The predicted octanol–water partition coefficient (Wildman–Crippen LogP) is 2.51. The van der Waals surface area contributed by atoms with Crippen LogP contribution in [0.25, 0.3) is 0 Å². The van der Waals surface area contributed by atoms with Gasteiger partial charge in [-0.15, -0.1) is 0 Å². The van der Waals surface area contributed by atoms with E-state index in [2.05, 4.69) is 5.10 Å². The molecule has 5 nitrogen and oxygen atoms in total. The summed E-state index contributed by atoms with van der Waals surface area (Å²) in [7, 11) is 0. The average Bonchev–Trinajstić information content (AvgIpc) is 3.12. The lowest BCUT2D eigenvalue weighted by Gasteiger charge is -2.26. The second kappa shape index (κ2) is 7.94. The van der Waals surface area contributed by atoms with Crippen LogP contribution in [0.1, 0.15) is 18.9 Å². The van der Waals surface area contributed by atoms with E-state index in [0.717, 1.165) is 23.4 Å². The van der Waals surface area contributed by atoms with Crippen molar-refractivity contribution in [2.75, 3.05) is 24.5 Å². The van der Waals surface area contributed by atoms with Gasteiger partial charge in [0.05, 0.1) is 24.9 Å². The van der Waals surface area contributed by atoms with Crippen LogP contribution in [0.15, 0.2) is 65.8 Å². The Kier molecular flexibility index (Phi) is 5.46. The highest BCUT2D eigenvalue weighted by Crippen LogP contribution is 2.17. The Hall–Kier alpha value is -2.66. The van der Waals surface area contributed by atoms with Crippen LogP contribution in [0, 0.1) is 0 Å². The van der Waals surface area contributed by atoms with Crippen molar-refractivity contribution >= 4 is 17.3 Å². The van der Waals surface area contributed by atoms with Gasteiger partial charge in [0.25, 0.3) is 5.91 Å². The van der Waals surface area contributed by atoms with Gasteiger partial charge < -0.3 is 10.0 Å². The third kappa shape index (κ3) is 4.45. The van der Waals surface area contributed by atoms with Crippen LogP contribution >= 0.6 is 0 Å². The standard InChI is InChI=1S/C20H23N3O2/c1-16(24)14-22(18-10-6-3-7-11-18)15-20(25)23-13-12-19(21-23)17-8-4-2-5-9-17/h2-11,16,24H,12-15H2,1H3/t16-/m1/s1. The number of para-hydroxylation sites is 1. The molecule has 0 aromatic heterocycles. The molecule has 1 heterocycles. The van der Waals surface area contributed by atoms with Gasteiger partial charge in [0.1, 0.15) is 0 Å². The van der Waals surface area contributed by atoms with E-state index >= 15 is 0 Å². The van der Waals surface area contributed by atoms with Gasteiger partial charge in [-0.1, -0.05) is 48.5 Å². The molecular formula is C20H23N3O2. The topological polar surface area (TPSA) is 56.1 Å². The minimum Gasteiger partial charge on any atom is -0.392 e. The molecule has 2 aromatic carbocycles. The lowest BCUT2D eigenvalue weighted by atomic mass is 10.1. The fourth-order valence-corrected chi connectivity index (χ4v) is 2.93. The number of hydrogen-bond donors (Lipinski definition) is 1. The van der Waals surface area contributed by atoms with Crippen LogP contribution in [0.4, 0.5) is 5.69 Å².